The summed E-state index contributed by atoms with van der Waals surface area (Å²) in [5, 5.41) is 20.1. The Morgan fingerprint density at radius 2 is 2.05 bits per heavy atom. The third kappa shape index (κ3) is 5.83. The average molecular weight is 295 g/mol. The van der Waals surface area contributed by atoms with Crippen molar-refractivity contribution in [2.75, 3.05) is 13.2 Å². The van der Waals surface area contributed by atoms with Crippen LogP contribution in [0.4, 0.5) is 0 Å². The highest BCUT2D eigenvalue weighted by molar-refractivity contribution is 5.83. The summed E-state index contributed by atoms with van der Waals surface area (Å²) in [6.45, 7) is 2.14. The number of carboxylic acids is 1. The molecule has 0 aliphatic heterocycles. The molecule has 0 radical (unpaired) electrons. The van der Waals surface area contributed by atoms with E-state index in [4.69, 9.17) is 14.9 Å². The largest absolute Gasteiger partial charge is 0.494 e. The lowest BCUT2D eigenvalue weighted by molar-refractivity contribution is -0.142. The highest BCUT2D eigenvalue weighted by Crippen LogP contribution is 2.19. The smallest absolute Gasteiger partial charge is 0.326 e. The number of amides is 1. The molecule has 1 unspecified atom stereocenters. The summed E-state index contributed by atoms with van der Waals surface area (Å²) >= 11 is 0. The lowest BCUT2D eigenvalue weighted by Gasteiger charge is -2.14. The van der Waals surface area contributed by atoms with Crippen LogP contribution in [0.5, 0.6) is 5.75 Å². The molecule has 0 fully saturated rings. The van der Waals surface area contributed by atoms with E-state index in [-0.39, 0.29) is 25.4 Å². The van der Waals surface area contributed by atoms with Gasteiger partial charge >= 0.3 is 5.97 Å². The minimum absolute atomic E-state index is 0.00337. The Bertz CT molecular complexity index is 475. The van der Waals surface area contributed by atoms with Crippen molar-refractivity contribution in [1.29, 1.82) is 0 Å². The molecule has 1 aromatic rings. The highest BCUT2D eigenvalue weighted by atomic mass is 16.5. The van der Waals surface area contributed by atoms with E-state index in [0.717, 1.165) is 11.3 Å². The Morgan fingerprint density at radius 1 is 1.33 bits per heavy atom. The molecule has 0 saturated heterocycles. The van der Waals surface area contributed by atoms with Gasteiger partial charge in [-0.1, -0.05) is 18.2 Å². The van der Waals surface area contributed by atoms with Gasteiger partial charge in [0.2, 0.25) is 5.91 Å². The van der Waals surface area contributed by atoms with Crippen molar-refractivity contribution >= 4 is 11.9 Å². The molecule has 0 aliphatic carbocycles. The van der Waals surface area contributed by atoms with Gasteiger partial charge in [-0.2, -0.15) is 0 Å². The van der Waals surface area contributed by atoms with Gasteiger partial charge in [0.1, 0.15) is 11.8 Å². The molecular weight excluding hydrogens is 274 g/mol. The monoisotopic (exact) mass is 295 g/mol. The predicted molar refractivity (Wildman–Crippen MR) is 77.2 cm³/mol. The number of carbonyl (C=O) groups excluding carboxylic acids is 1. The summed E-state index contributed by atoms with van der Waals surface area (Å²) in [6.07, 6.45) is 0.628. The molecule has 0 aromatic heterocycles. The number of aliphatic carboxylic acids is 1. The second-order valence-corrected chi connectivity index (χ2v) is 4.51. The second kappa shape index (κ2) is 8.97. The number of carboxylic acid groups (broad SMARTS) is 1. The Morgan fingerprint density at radius 3 is 2.67 bits per heavy atom. The van der Waals surface area contributed by atoms with E-state index in [9.17, 15) is 9.59 Å². The number of para-hydroxylation sites is 1. The van der Waals surface area contributed by atoms with Crippen LogP contribution in [0.25, 0.3) is 0 Å². The molecule has 21 heavy (non-hydrogen) atoms. The molecule has 0 saturated carbocycles. The van der Waals surface area contributed by atoms with Gasteiger partial charge in [0.15, 0.2) is 0 Å². The zero-order chi connectivity index (χ0) is 15.7. The third-order valence-electron chi connectivity index (χ3n) is 2.94. The van der Waals surface area contributed by atoms with Crippen LogP contribution >= 0.6 is 0 Å². The number of hydrogen-bond donors (Lipinski definition) is 3. The summed E-state index contributed by atoms with van der Waals surface area (Å²) in [6, 6.07) is 6.38. The SMILES string of the molecule is CCOc1ccccc1CCC(=O)NC(CCO)C(=O)O. The van der Waals surface area contributed by atoms with E-state index in [1.807, 2.05) is 31.2 Å². The van der Waals surface area contributed by atoms with Crippen LogP contribution in [0, 0.1) is 0 Å². The van der Waals surface area contributed by atoms with Gasteiger partial charge in [0, 0.05) is 19.4 Å². The van der Waals surface area contributed by atoms with Crippen LogP contribution in [0.3, 0.4) is 0 Å². The topological polar surface area (TPSA) is 95.9 Å². The maximum absolute atomic E-state index is 11.8. The molecule has 1 aromatic carbocycles. The van der Waals surface area contributed by atoms with E-state index >= 15 is 0 Å². The van der Waals surface area contributed by atoms with Crippen molar-refractivity contribution in [1.82, 2.24) is 5.32 Å². The number of hydrogen-bond acceptors (Lipinski definition) is 4. The maximum Gasteiger partial charge on any atom is 0.326 e. The van der Waals surface area contributed by atoms with Crippen molar-refractivity contribution in [3.05, 3.63) is 29.8 Å². The molecule has 6 nitrogen and oxygen atoms in total. The Hall–Kier alpha value is -2.08. The number of aliphatic hydroxyl groups excluding tert-OH is 1. The summed E-state index contributed by atoms with van der Waals surface area (Å²) in [4.78, 5) is 22.7. The van der Waals surface area contributed by atoms with Crippen LogP contribution in [0.2, 0.25) is 0 Å². The molecule has 6 heteroatoms. The van der Waals surface area contributed by atoms with Gasteiger partial charge in [0.25, 0.3) is 0 Å². The molecule has 0 bridgehead atoms. The standard InChI is InChI=1S/C15H21NO5/c1-2-21-13-6-4-3-5-11(13)7-8-14(18)16-12(9-10-17)15(19)20/h3-6,12,17H,2,7-10H2,1H3,(H,16,18)(H,19,20). The minimum atomic E-state index is -1.15. The second-order valence-electron chi connectivity index (χ2n) is 4.51. The number of ether oxygens (including phenoxy) is 1. The van der Waals surface area contributed by atoms with Crippen molar-refractivity contribution in [3.63, 3.8) is 0 Å². The van der Waals surface area contributed by atoms with Gasteiger partial charge in [-0.3, -0.25) is 4.79 Å². The first-order valence-electron chi connectivity index (χ1n) is 6.92. The van der Waals surface area contributed by atoms with E-state index in [1.165, 1.54) is 0 Å². The first-order chi connectivity index (χ1) is 10.1. The van der Waals surface area contributed by atoms with Gasteiger partial charge in [-0.15, -0.1) is 0 Å². The average Bonchev–Trinajstić information content (AvgIpc) is 2.46. The molecular formula is C15H21NO5. The van der Waals surface area contributed by atoms with Crippen LogP contribution in [-0.4, -0.2) is 41.3 Å². The number of aryl methyl sites for hydroxylation is 1. The van der Waals surface area contributed by atoms with Crippen LogP contribution in [0.15, 0.2) is 24.3 Å². The Balaban J connectivity index is 2.54. The van der Waals surface area contributed by atoms with E-state index in [2.05, 4.69) is 5.32 Å². The summed E-state index contributed by atoms with van der Waals surface area (Å²) < 4.78 is 5.47. The number of carbonyl (C=O) groups is 2. The van der Waals surface area contributed by atoms with Gasteiger partial charge < -0.3 is 20.3 Å². The molecule has 0 spiro atoms. The normalized spacial score (nSPS) is 11.7. The fraction of sp³-hybridized carbons (Fsp3) is 0.467. The van der Waals surface area contributed by atoms with Gasteiger partial charge in [-0.05, 0) is 25.0 Å². The molecule has 1 amide bonds. The molecule has 0 heterocycles. The van der Waals surface area contributed by atoms with Crippen LogP contribution in [-0.2, 0) is 16.0 Å². The lowest BCUT2D eigenvalue weighted by Crippen LogP contribution is -2.41. The van der Waals surface area contributed by atoms with E-state index < -0.39 is 12.0 Å². The quantitative estimate of drug-likeness (QED) is 0.631. The minimum Gasteiger partial charge on any atom is -0.494 e. The fourth-order valence-corrected chi connectivity index (χ4v) is 1.91. The molecule has 116 valence electrons. The first kappa shape index (κ1) is 17.0. The molecule has 1 rings (SSSR count). The lowest BCUT2D eigenvalue weighted by atomic mass is 10.1. The van der Waals surface area contributed by atoms with Crippen molar-refractivity contribution in [2.24, 2.45) is 0 Å². The number of aliphatic hydroxyl groups is 1. The Kier molecular flexibility index (Phi) is 7.25. The molecule has 3 N–H and O–H groups in total. The van der Waals surface area contributed by atoms with Crippen molar-refractivity contribution in [2.45, 2.75) is 32.2 Å². The first-order valence-corrected chi connectivity index (χ1v) is 6.92. The maximum atomic E-state index is 11.8. The number of rotatable bonds is 9. The van der Waals surface area contributed by atoms with Crippen LogP contribution < -0.4 is 10.1 Å². The molecule has 0 aliphatic rings. The number of benzene rings is 1. The fourth-order valence-electron chi connectivity index (χ4n) is 1.91. The van der Waals surface area contributed by atoms with Crippen LogP contribution in [0.1, 0.15) is 25.3 Å². The summed E-state index contributed by atoms with van der Waals surface area (Å²) in [7, 11) is 0. The highest BCUT2D eigenvalue weighted by Gasteiger charge is 2.19. The zero-order valence-electron chi connectivity index (χ0n) is 12.0. The van der Waals surface area contributed by atoms with Crippen molar-refractivity contribution in [3.8, 4) is 5.75 Å². The van der Waals surface area contributed by atoms with Crippen molar-refractivity contribution < 1.29 is 24.5 Å². The predicted octanol–water partition coefficient (Wildman–Crippen LogP) is 0.970. The summed E-state index contributed by atoms with van der Waals surface area (Å²) in [5.41, 5.74) is 0.906. The van der Waals surface area contributed by atoms with E-state index in [1.54, 1.807) is 0 Å². The third-order valence-corrected chi connectivity index (χ3v) is 2.94. The molecule has 1 atom stereocenters. The summed E-state index contributed by atoms with van der Waals surface area (Å²) in [5.74, 6) is -0.771. The Labute approximate surface area is 123 Å². The number of nitrogens with one attached hydrogen (secondary N) is 1. The zero-order valence-corrected chi connectivity index (χ0v) is 12.0. The van der Waals surface area contributed by atoms with Gasteiger partial charge in [-0.25, -0.2) is 4.79 Å². The van der Waals surface area contributed by atoms with Gasteiger partial charge in [0.05, 0.1) is 6.61 Å². The van der Waals surface area contributed by atoms with E-state index in [0.29, 0.717) is 13.0 Å².